The Labute approximate surface area is 354 Å². The molecule has 9 aromatic carbocycles. The Morgan fingerprint density at radius 3 is 1.31 bits per heavy atom. The van der Waals surface area contributed by atoms with Crippen molar-refractivity contribution < 1.29 is 0 Å². The second-order valence-electron chi connectivity index (χ2n) is 15.5. The third-order valence-electron chi connectivity index (χ3n) is 12.1. The van der Waals surface area contributed by atoms with Gasteiger partial charge < -0.3 is 0 Å². The van der Waals surface area contributed by atoms with Crippen molar-refractivity contribution in [2.24, 2.45) is 0 Å². The van der Waals surface area contributed by atoms with E-state index in [-0.39, 0.29) is 0 Å². The quantitative estimate of drug-likeness (QED) is 0.162. The standard InChI is InChI=1S/C57H36N4/c58-37-38-19-21-39(22-20-38)41-27-32-47(33-28-41)57(51-18-10-9-17-50(51)53-49-16-8-7-11-43(49)31-36-52(53)57)48-34-29-42(30-35-48)40-23-25-46(26-24-40)56-60-54(44-12-3-1-4-13-44)59-55(61-56)45-14-5-2-6-15-45/h1-36H. The number of fused-ring (bicyclic) bond motifs is 5. The van der Waals surface area contributed by atoms with Crippen molar-refractivity contribution in [3.63, 3.8) is 0 Å². The van der Waals surface area contributed by atoms with Crippen molar-refractivity contribution in [1.82, 2.24) is 15.0 Å². The van der Waals surface area contributed by atoms with Gasteiger partial charge in [0.25, 0.3) is 0 Å². The highest BCUT2D eigenvalue weighted by molar-refractivity contribution is 6.04. The van der Waals surface area contributed by atoms with E-state index in [9.17, 15) is 5.26 Å². The minimum absolute atomic E-state index is 0.562. The van der Waals surface area contributed by atoms with Crippen LogP contribution in [-0.4, -0.2) is 15.0 Å². The molecular formula is C57H36N4. The number of hydrogen-bond donors (Lipinski definition) is 0. The van der Waals surface area contributed by atoms with Crippen LogP contribution < -0.4 is 0 Å². The van der Waals surface area contributed by atoms with E-state index >= 15 is 0 Å². The lowest BCUT2D eigenvalue weighted by atomic mass is 9.67. The molecule has 0 saturated heterocycles. The summed E-state index contributed by atoms with van der Waals surface area (Å²) in [5.41, 5.74) is 14.8. The summed E-state index contributed by atoms with van der Waals surface area (Å²) in [4.78, 5) is 14.8. The van der Waals surface area contributed by atoms with Crippen LogP contribution in [0.25, 0.3) is 78.3 Å². The molecule has 0 spiro atoms. The van der Waals surface area contributed by atoms with E-state index in [0.29, 0.717) is 23.0 Å². The van der Waals surface area contributed by atoms with Gasteiger partial charge in [0.1, 0.15) is 0 Å². The fraction of sp³-hybridized carbons (Fsp3) is 0.0175. The minimum atomic E-state index is -0.562. The average Bonchev–Trinajstić information content (AvgIpc) is 3.66. The zero-order chi connectivity index (χ0) is 40.8. The highest BCUT2D eigenvalue weighted by Gasteiger charge is 2.46. The first-order valence-electron chi connectivity index (χ1n) is 20.5. The second-order valence-corrected chi connectivity index (χ2v) is 15.5. The molecule has 4 nitrogen and oxygen atoms in total. The van der Waals surface area contributed by atoms with Crippen LogP contribution >= 0.6 is 0 Å². The van der Waals surface area contributed by atoms with E-state index in [0.717, 1.165) is 38.9 Å². The molecular weight excluding hydrogens is 741 g/mol. The maximum absolute atomic E-state index is 9.38. The summed E-state index contributed by atoms with van der Waals surface area (Å²) in [5, 5.41) is 11.9. The molecule has 1 aliphatic carbocycles. The first-order chi connectivity index (χ1) is 30.2. The molecule has 284 valence electrons. The molecule has 1 unspecified atom stereocenters. The van der Waals surface area contributed by atoms with Gasteiger partial charge in [0.2, 0.25) is 0 Å². The van der Waals surface area contributed by atoms with Gasteiger partial charge in [-0.1, -0.05) is 206 Å². The fourth-order valence-corrected chi connectivity index (χ4v) is 9.15. The van der Waals surface area contributed by atoms with Crippen molar-refractivity contribution in [3.8, 4) is 73.6 Å². The SMILES string of the molecule is N#Cc1ccc(-c2ccc(C3(c4ccc(-c5ccc(-c6nc(-c7ccccc7)nc(-c7ccccc7)n6)cc5)cc4)c4ccccc4-c4c3ccc3ccccc43)cc2)cc1. The highest BCUT2D eigenvalue weighted by atomic mass is 15.0. The maximum Gasteiger partial charge on any atom is 0.164 e. The molecule has 11 rings (SSSR count). The summed E-state index contributed by atoms with van der Waals surface area (Å²) in [6, 6.07) is 79.1. The molecule has 0 amide bonds. The molecule has 61 heavy (non-hydrogen) atoms. The van der Waals surface area contributed by atoms with Crippen molar-refractivity contribution >= 4 is 10.8 Å². The van der Waals surface area contributed by atoms with Crippen LogP contribution in [-0.2, 0) is 5.41 Å². The largest absolute Gasteiger partial charge is 0.208 e. The summed E-state index contributed by atoms with van der Waals surface area (Å²) in [6.45, 7) is 0. The molecule has 0 N–H and O–H groups in total. The summed E-state index contributed by atoms with van der Waals surface area (Å²) in [6.07, 6.45) is 0. The Kier molecular flexibility index (Phi) is 8.73. The molecule has 0 saturated carbocycles. The van der Waals surface area contributed by atoms with Crippen LogP contribution in [0, 0.1) is 11.3 Å². The fourth-order valence-electron chi connectivity index (χ4n) is 9.15. The van der Waals surface area contributed by atoms with Gasteiger partial charge >= 0.3 is 0 Å². The zero-order valence-electron chi connectivity index (χ0n) is 33.1. The Morgan fingerprint density at radius 1 is 0.344 bits per heavy atom. The van der Waals surface area contributed by atoms with Crippen LogP contribution in [0.3, 0.4) is 0 Å². The molecule has 1 aliphatic rings. The normalized spacial score (nSPS) is 14.0. The predicted molar refractivity (Wildman–Crippen MR) is 247 cm³/mol. The van der Waals surface area contributed by atoms with Gasteiger partial charge in [-0.25, -0.2) is 15.0 Å². The van der Waals surface area contributed by atoms with Crippen LogP contribution in [0.15, 0.2) is 218 Å². The summed E-state index contributed by atoms with van der Waals surface area (Å²) < 4.78 is 0. The highest BCUT2D eigenvalue weighted by Crippen LogP contribution is 2.58. The molecule has 1 aromatic heterocycles. The molecule has 0 bridgehead atoms. The monoisotopic (exact) mass is 776 g/mol. The molecule has 0 fully saturated rings. The molecule has 1 heterocycles. The Bertz CT molecular complexity index is 3200. The lowest BCUT2D eigenvalue weighted by molar-refractivity contribution is 0.769. The average molecular weight is 777 g/mol. The topological polar surface area (TPSA) is 62.5 Å². The van der Waals surface area contributed by atoms with Crippen LogP contribution in [0.1, 0.15) is 27.8 Å². The van der Waals surface area contributed by atoms with Gasteiger partial charge in [-0.3, -0.25) is 0 Å². The maximum atomic E-state index is 9.38. The minimum Gasteiger partial charge on any atom is -0.208 e. The van der Waals surface area contributed by atoms with Crippen molar-refractivity contribution in [1.29, 1.82) is 5.26 Å². The van der Waals surface area contributed by atoms with Crippen LogP contribution in [0.4, 0.5) is 0 Å². The second kappa shape index (κ2) is 14.8. The first-order valence-corrected chi connectivity index (χ1v) is 20.5. The summed E-state index contributed by atoms with van der Waals surface area (Å²) in [7, 11) is 0. The summed E-state index contributed by atoms with van der Waals surface area (Å²) >= 11 is 0. The molecule has 10 aromatic rings. The van der Waals surface area contributed by atoms with Gasteiger partial charge in [-0.05, 0) is 78.5 Å². The smallest absolute Gasteiger partial charge is 0.164 e. The Hall–Kier alpha value is -8.26. The lowest BCUT2D eigenvalue weighted by Crippen LogP contribution is -2.28. The van der Waals surface area contributed by atoms with Crippen molar-refractivity contribution in [2.45, 2.75) is 5.41 Å². The Morgan fingerprint density at radius 2 is 0.770 bits per heavy atom. The van der Waals surface area contributed by atoms with Gasteiger partial charge in [-0.2, -0.15) is 5.26 Å². The molecule has 1 atom stereocenters. The lowest BCUT2D eigenvalue weighted by Gasteiger charge is -2.34. The van der Waals surface area contributed by atoms with Gasteiger partial charge in [-0.15, -0.1) is 0 Å². The van der Waals surface area contributed by atoms with Crippen molar-refractivity contribution in [3.05, 3.63) is 246 Å². The molecule has 0 radical (unpaired) electrons. The number of aromatic nitrogens is 3. The van der Waals surface area contributed by atoms with Gasteiger partial charge in [0, 0.05) is 16.7 Å². The number of nitrogens with zero attached hydrogens (tertiary/aromatic N) is 4. The third-order valence-corrected chi connectivity index (χ3v) is 12.1. The number of benzene rings is 9. The van der Waals surface area contributed by atoms with E-state index in [4.69, 9.17) is 15.0 Å². The Balaban J connectivity index is 1.01. The van der Waals surface area contributed by atoms with Crippen molar-refractivity contribution in [2.75, 3.05) is 0 Å². The first kappa shape index (κ1) is 35.9. The molecule has 4 heteroatoms. The number of rotatable bonds is 7. The van der Waals surface area contributed by atoms with E-state index in [1.165, 1.54) is 44.2 Å². The molecule has 0 aliphatic heterocycles. The van der Waals surface area contributed by atoms with E-state index in [2.05, 4.69) is 140 Å². The van der Waals surface area contributed by atoms with Crippen LogP contribution in [0.5, 0.6) is 0 Å². The van der Waals surface area contributed by atoms with Crippen LogP contribution in [0.2, 0.25) is 0 Å². The third kappa shape index (κ3) is 6.11. The summed E-state index contributed by atoms with van der Waals surface area (Å²) in [5.74, 6) is 1.92. The van der Waals surface area contributed by atoms with E-state index in [1.54, 1.807) is 0 Å². The predicted octanol–water partition coefficient (Wildman–Crippen LogP) is 13.6. The van der Waals surface area contributed by atoms with Gasteiger partial charge in [0.15, 0.2) is 17.5 Å². The van der Waals surface area contributed by atoms with Gasteiger partial charge in [0.05, 0.1) is 17.0 Å². The number of hydrogen-bond acceptors (Lipinski definition) is 4. The number of nitriles is 1. The zero-order valence-corrected chi connectivity index (χ0v) is 33.1. The van der Waals surface area contributed by atoms with E-state index in [1.807, 2.05) is 84.9 Å². The van der Waals surface area contributed by atoms with E-state index < -0.39 is 5.41 Å².